The molecule has 0 fully saturated rings. The number of nitrogens with zero attached hydrogens (tertiary/aromatic N) is 5. The molecule has 0 saturated heterocycles. The number of rotatable bonds is 8. The molecule has 196 valence electrons. The monoisotopic (exact) mass is 521 g/mol. The summed E-state index contributed by atoms with van der Waals surface area (Å²) in [5, 5.41) is 3.93. The van der Waals surface area contributed by atoms with E-state index in [0.717, 1.165) is 44.8 Å². The third-order valence-corrected chi connectivity index (χ3v) is 6.72. The lowest BCUT2D eigenvalue weighted by Crippen LogP contribution is -2.13. The number of anilines is 1. The molecule has 0 radical (unpaired) electrons. The largest absolute Gasteiger partial charge is 0.495 e. The first kappa shape index (κ1) is 24.4. The Labute approximate surface area is 224 Å². The van der Waals surface area contributed by atoms with Gasteiger partial charge in [-0.2, -0.15) is 0 Å². The highest BCUT2D eigenvalue weighted by atomic mass is 16.5. The Morgan fingerprint density at radius 3 is 2.79 bits per heavy atom. The number of hydrogen-bond acceptors (Lipinski definition) is 6. The number of aromatic nitrogens is 6. The van der Waals surface area contributed by atoms with Crippen molar-refractivity contribution in [3.8, 4) is 17.0 Å². The van der Waals surface area contributed by atoms with Gasteiger partial charge in [0.25, 0.3) is 5.91 Å². The van der Waals surface area contributed by atoms with Crippen LogP contribution in [0.5, 0.6) is 5.75 Å². The average Bonchev–Trinajstić information content (AvgIpc) is 3.69. The van der Waals surface area contributed by atoms with Crippen LogP contribution in [0.15, 0.2) is 73.6 Å². The molecule has 0 unspecified atom stereocenters. The van der Waals surface area contributed by atoms with E-state index < -0.39 is 0 Å². The number of carbonyl (C=O) groups excluding carboxylic acids is 1. The fraction of sp³-hybridized carbons (Fsp3) is 0.172. The van der Waals surface area contributed by atoms with Gasteiger partial charge in [0.2, 0.25) is 0 Å². The molecule has 6 rings (SSSR count). The highest BCUT2D eigenvalue weighted by Gasteiger charge is 2.19. The van der Waals surface area contributed by atoms with Crippen LogP contribution in [0.2, 0.25) is 0 Å². The SMILES string of the molecule is COCc1cccc2[nH]c(C(=O)Nc3ccc(-c4nc(Cn5ccnc5)n5ccnc(C)c45)cc3OC)cc12. The molecule has 0 saturated carbocycles. The summed E-state index contributed by atoms with van der Waals surface area (Å²) in [6, 6.07) is 13.3. The number of imidazole rings is 2. The van der Waals surface area contributed by atoms with Gasteiger partial charge in [-0.25, -0.2) is 9.97 Å². The Morgan fingerprint density at radius 1 is 1.10 bits per heavy atom. The van der Waals surface area contributed by atoms with E-state index in [1.54, 1.807) is 32.9 Å². The summed E-state index contributed by atoms with van der Waals surface area (Å²) in [6.45, 7) is 2.99. The number of aromatic amines is 1. The maximum Gasteiger partial charge on any atom is 0.272 e. The topological polar surface area (TPSA) is 111 Å². The van der Waals surface area contributed by atoms with Crippen molar-refractivity contribution < 1.29 is 14.3 Å². The fourth-order valence-corrected chi connectivity index (χ4v) is 4.87. The van der Waals surface area contributed by atoms with E-state index in [2.05, 4.69) is 20.3 Å². The molecule has 0 aliphatic carbocycles. The van der Waals surface area contributed by atoms with Crippen molar-refractivity contribution in [1.29, 1.82) is 0 Å². The maximum absolute atomic E-state index is 13.2. The van der Waals surface area contributed by atoms with Crippen LogP contribution in [0.1, 0.15) is 27.6 Å². The van der Waals surface area contributed by atoms with Crippen LogP contribution in [0, 0.1) is 6.92 Å². The van der Waals surface area contributed by atoms with Crippen molar-refractivity contribution in [3.63, 3.8) is 0 Å². The van der Waals surface area contributed by atoms with Crippen molar-refractivity contribution in [2.75, 3.05) is 19.5 Å². The van der Waals surface area contributed by atoms with Gasteiger partial charge < -0.3 is 24.3 Å². The van der Waals surface area contributed by atoms with Gasteiger partial charge in [-0.1, -0.05) is 18.2 Å². The zero-order valence-electron chi connectivity index (χ0n) is 21.8. The van der Waals surface area contributed by atoms with Gasteiger partial charge in [0.1, 0.15) is 17.3 Å². The van der Waals surface area contributed by atoms with E-state index >= 15 is 0 Å². The van der Waals surface area contributed by atoms with E-state index in [-0.39, 0.29) is 5.91 Å². The highest BCUT2D eigenvalue weighted by Crippen LogP contribution is 2.34. The lowest BCUT2D eigenvalue weighted by atomic mass is 10.1. The Hall–Kier alpha value is -4.96. The Morgan fingerprint density at radius 2 is 2.00 bits per heavy atom. The molecule has 2 N–H and O–H groups in total. The summed E-state index contributed by atoms with van der Waals surface area (Å²) in [7, 11) is 3.23. The van der Waals surface area contributed by atoms with Crippen molar-refractivity contribution in [2.45, 2.75) is 20.1 Å². The van der Waals surface area contributed by atoms with E-state index in [1.165, 1.54) is 0 Å². The molecule has 39 heavy (non-hydrogen) atoms. The molecule has 10 nitrogen and oxygen atoms in total. The Bertz CT molecular complexity index is 1800. The van der Waals surface area contributed by atoms with Gasteiger partial charge >= 0.3 is 0 Å². The first-order valence-electron chi connectivity index (χ1n) is 12.4. The van der Waals surface area contributed by atoms with E-state index in [0.29, 0.717) is 30.3 Å². The van der Waals surface area contributed by atoms with Gasteiger partial charge in [-0.15, -0.1) is 0 Å². The third-order valence-electron chi connectivity index (χ3n) is 6.72. The predicted molar refractivity (Wildman–Crippen MR) is 148 cm³/mol. The zero-order valence-corrected chi connectivity index (χ0v) is 21.8. The van der Waals surface area contributed by atoms with Crippen molar-refractivity contribution in [1.82, 2.24) is 28.9 Å². The third kappa shape index (κ3) is 4.51. The minimum absolute atomic E-state index is 0.268. The number of nitrogens with one attached hydrogen (secondary N) is 2. The van der Waals surface area contributed by atoms with Crippen LogP contribution < -0.4 is 10.1 Å². The number of aryl methyl sites for hydroxylation is 1. The maximum atomic E-state index is 13.2. The predicted octanol–water partition coefficient (Wildman–Crippen LogP) is 4.84. The molecule has 4 heterocycles. The number of hydrogen-bond donors (Lipinski definition) is 2. The van der Waals surface area contributed by atoms with E-state index in [4.69, 9.17) is 14.5 Å². The van der Waals surface area contributed by atoms with Crippen LogP contribution >= 0.6 is 0 Å². The standard InChI is InChI=1S/C29H27N7O3/c1-18-28-27(34-26(36(28)12-10-31-18)15-35-11-9-30-17-35)19-7-8-23(25(13-19)39-3)33-29(37)24-14-21-20(16-38-2)5-4-6-22(21)32-24/h4-14,17,32H,15-16H2,1-3H3,(H,33,37). The van der Waals surface area contributed by atoms with E-state index in [9.17, 15) is 4.79 Å². The molecule has 0 bridgehead atoms. The smallest absolute Gasteiger partial charge is 0.272 e. The number of ether oxygens (including phenoxy) is 2. The van der Waals surface area contributed by atoms with Gasteiger partial charge in [0, 0.05) is 48.4 Å². The summed E-state index contributed by atoms with van der Waals surface area (Å²) in [5.74, 6) is 1.11. The fourth-order valence-electron chi connectivity index (χ4n) is 4.87. The molecule has 0 atom stereocenters. The number of amides is 1. The number of fused-ring (bicyclic) bond motifs is 2. The average molecular weight is 522 g/mol. The summed E-state index contributed by atoms with van der Waals surface area (Å²) >= 11 is 0. The number of carbonyl (C=O) groups is 1. The summed E-state index contributed by atoms with van der Waals surface area (Å²) in [6.07, 6.45) is 9.10. The molecule has 2 aromatic carbocycles. The lowest BCUT2D eigenvalue weighted by Gasteiger charge is -2.11. The van der Waals surface area contributed by atoms with Crippen LogP contribution in [-0.2, 0) is 17.9 Å². The molecule has 0 spiro atoms. The molecule has 1 amide bonds. The second-order valence-electron chi connectivity index (χ2n) is 9.21. The first-order valence-corrected chi connectivity index (χ1v) is 12.4. The molecular formula is C29H27N7O3. The minimum atomic E-state index is -0.268. The highest BCUT2D eigenvalue weighted by molar-refractivity contribution is 6.07. The second kappa shape index (κ2) is 10.1. The molecule has 0 aliphatic heterocycles. The molecule has 4 aromatic heterocycles. The van der Waals surface area contributed by atoms with Crippen molar-refractivity contribution in [3.05, 3.63) is 96.4 Å². The summed E-state index contributed by atoms with van der Waals surface area (Å²) < 4.78 is 15.0. The first-order chi connectivity index (χ1) is 19.1. The number of methoxy groups -OCH3 is 2. The minimum Gasteiger partial charge on any atom is -0.495 e. The van der Waals surface area contributed by atoms with Crippen LogP contribution in [-0.4, -0.2) is 49.0 Å². The van der Waals surface area contributed by atoms with Crippen LogP contribution in [0.25, 0.3) is 27.7 Å². The summed E-state index contributed by atoms with van der Waals surface area (Å²) in [5.41, 5.74) is 6.30. The lowest BCUT2D eigenvalue weighted by molar-refractivity contribution is 0.102. The summed E-state index contributed by atoms with van der Waals surface area (Å²) in [4.78, 5) is 30.0. The van der Waals surface area contributed by atoms with E-state index in [1.807, 2.05) is 70.7 Å². The van der Waals surface area contributed by atoms with Crippen LogP contribution in [0.4, 0.5) is 5.69 Å². The molecule has 6 aromatic rings. The number of benzene rings is 2. The van der Waals surface area contributed by atoms with Gasteiger partial charge in [-0.05, 0) is 36.8 Å². The van der Waals surface area contributed by atoms with Crippen LogP contribution in [0.3, 0.4) is 0 Å². The zero-order chi connectivity index (χ0) is 26.9. The van der Waals surface area contributed by atoms with Crippen molar-refractivity contribution in [2.24, 2.45) is 0 Å². The van der Waals surface area contributed by atoms with Gasteiger partial charge in [-0.3, -0.25) is 14.2 Å². The molecule has 10 heteroatoms. The molecule has 0 aliphatic rings. The van der Waals surface area contributed by atoms with Crippen molar-refractivity contribution >= 4 is 28.0 Å². The Kier molecular flexibility index (Phi) is 6.29. The quantitative estimate of drug-likeness (QED) is 0.297. The van der Waals surface area contributed by atoms with Gasteiger partial charge in [0.15, 0.2) is 0 Å². The Balaban J connectivity index is 1.33. The normalized spacial score (nSPS) is 11.4. The van der Waals surface area contributed by atoms with Gasteiger partial charge in [0.05, 0.1) is 49.2 Å². The second-order valence-corrected chi connectivity index (χ2v) is 9.21. The number of H-pyrrole nitrogens is 1. The molecular weight excluding hydrogens is 494 g/mol.